The minimum atomic E-state index is -2.23. The van der Waals surface area contributed by atoms with Gasteiger partial charge in [-0.05, 0) is 43.9 Å². The Morgan fingerprint density at radius 1 is 0.783 bits per heavy atom. The molecule has 0 amide bonds. The van der Waals surface area contributed by atoms with Gasteiger partial charge in [-0.1, -0.05) is 78.1 Å². The van der Waals surface area contributed by atoms with Crippen molar-refractivity contribution < 1.29 is 9.05 Å². The molecule has 0 fully saturated rings. The van der Waals surface area contributed by atoms with Crippen molar-refractivity contribution in [3.63, 3.8) is 0 Å². The Kier molecular flexibility index (Phi) is 14.7. The van der Waals surface area contributed by atoms with Crippen molar-refractivity contribution in [3.8, 4) is 0 Å². The molecule has 0 bridgehead atoms. The minimum absolute atomic E-state index is 0.225. The molecule has 2 nitrogen and oxygen atoms in total. The van der Waals surface area contributed by atoms with E-state index >= 15 is 0 Å². The van der Waals surface area contributed by atoms with Crippen LogP contribution in [0.2, 0.25) is 0 Å². The van der Waals surface area contributed by atoms with E-state index in [1.165, 1.54) is 25.7 Å². The van der Waals surface area contributed by atoms with E-state index in [0.29, 0.717) is 0 Å². The zero-order chi connectivity index (χ0) is 17.6. The number of hydrogen-bond acceptors (Lipinski definition) is 4. The lowest BCUT2D eigenvalue weighted by molar-refractivity contribution is 0.252. The Hall–Kier alpha value is 0.920. The van der Waals surface area contributed by atoms with Crippen LogP contribution in [0.25, 0.3) is 0 Å². The van der Waals surface area contributed by atoms with Gasteiger partial charge in [0.15, 0.2) is 0 Å². The van der Waals surface area contributed by atoms with Crippen molar-refractivity contribution in [2.24, 2.45) is 0 Å². The van der Waals surface area contributed by atoms with E-state index in [1.54, 1.807) is 0 Å². The van der Waals surface area contributed by atoms with Crippen LogP contribution in [-0.2, 0) is 20.9 Å². The molecule has 0 aliphatic heterocycles. The quantitative estimate of drug-likeness (QED) is 0.201. The van der Waals surface area contributed by atoms with E-state index in [0.717, 1.165) is 51.7 Å². The molecule has 23 heavy (non-hydrogen) atoms. The third-order valence-corrected chi connectivity index (χ3v) is 10.5. The summed E-state index contributed by atoms with van der Waals surface area (Å²) in [4.78, 5) is 0. The summed E-state index contributed by atoms with van der Waals surface area (Å²) in [5, 5.41) is 0. The highest BCUT2D eigenvalue weighted by Gasteiger charge is 2.35. The van der Waals surface area contributed by atoms with Crippen molar-refractivity contribution in [2.45, 2.75) is 104 Å². The second kappa shape index (κ2) is 14.1. The molecular weight excluding hydrogens is 343 g/mol. The third kappa shape index (κ3) is 10.5. The molecule has 0 radical (unpaired) electrons. The third-order valence-electron chi connectivity index (χ3n) is 4.32. The fourth-order valence-corrected chi connectivity index (χ4v) is 9.40. The first-order valence-corrected chi connectivity index (χ1v) is 13.7. The molecule has 0 rings (SSSR count). The van der Waals surface area contributed by atoms with Crippen molar-refractivity contribution >= 4 is 28.9 Å². The normalized spacial score (nSPS) is 12.7. The standard InChI is InChI=1S/C18H39O2PS2/c1-6-11-14-15-18(9-4,10-5)23-21(22,19-16-12-7-2)20-17-13-8-3/h6-17H2,1-5H3. The van der Waals surface area contributed by atoms with Gasteiger partial charge in [0.2, 0.25) is 5.69 Å². The van der Waals surface area contributed by atoms with Crippen LogP contribution in [0.15, 0.2) is 0 Å². The summed E-state index contributed by atoms with van der Waals surface area (Å²) in [6.45, 7) is 12.7. The van der Waals surface area contributed by atoms with Crippen LogP contribution in [0.1, 0.15) is 98.8 Å². The van der Waals surface area contributed by atoms with Crippen LogP contribution in [0, 0.1) is 0 Å². The van der Waals surface area contributed by atoms with Gasteiger partial charge in [0.1, 0.15) is 0 Å². The fraction of sp³-hybridized carbons (Fsp3) is 1.00. The van der Waals surface area contributed by atoms with E-state index < -0.39 is 5.69 Å². The van der Waals surface area contributed by atoms with Gasteiger partial charge >= 0.3 is 0 Å². The lowest BCUT2D eigenvalue weighted by Gasteiger charge is -2.36. The summed E-state index contributed by atoms with van der Waals surface area (Å²) < 4.78 is 12.5. The molecule has 0 heterocycles. The van der Waals surface area contributed by atoms with Crippen LogP contribution in [0.4, 0.5) is 0 Å². The molecule has 0 spiro atoms. The maximum Gasteiger partial charge on any atom is 0.247 e. The van der Waals surface area contributed by atoms with E-state index in [4.69, 9.17) is 20.9 Å². The SMILES string of the molecule is CCCCCC(CC)(CC)SP(=S)(OCCCC)OCCCC. The Morgan fingerprint density at radius 3 is 1.65 bits per heavy atom. The second-order valence-corrected chi connectivity index (χ2v) is 12.8. The van der Waals surface area contributed by atoms with Crippen LogP contribution in [0.5, 0.6) is 0 Å². The lowest BCUT2D eigenvalue weighted by Crippen LogP contribution is -2.23. The van der Waals surface area contributed by atoms with Crippen molar-refractivity contribution in [1.29, 1.82) is 0 Å². The molecule has 140 valence electrons. The molecular formula is C18H39O2PS2. The summed E-state index contributed by atoms with van der Waals surface area (Å²) >= 11 is 7.79. The van der Waals surface area contributed by atoms with Gasteiger partial charge in [-0.3, -0.25) is 0 Å². The monoisotopic (exact) mass is 382 g/mol. The Bertz CT molecular complexity index is 306. The van der Waals surface area contributed by atoms with Crippen LogP contribution in [-0.4, -0.2) is 18.0 Å². The van der Waals surface area contributed by atoms with Crippen LogP contribution < -0.4 is 0 Å². The molecule has 0 aliphatic carbocycles. The number of hydrogen-bond donors (Lipinski definition) is 0. The molecule has 0 N–H and O–H groups in total. The summed E-state index contributed by atoms with van der Waals surface area (Å²) in [7, 11) is 0. The molecule has 0 aromatic carbocycles. The summed E-state index contributed by atoms with van der Waals surface area (Å²) in [6.07, 6.45) is 11.8. The first kappa shape index (κ1) is 23.9. The van der Waals surface area contributed by atoms with Crippen LogP contribution in [0.3, 0.4) is 0 Å². The Morgan fingerprint density at radius 2 is 1.26 bits per heavy atom. The smallest absolute Gasteiger partial charge is 0.247 e. The Labute approximate surface area is 154 Å². The zero-order valence-electron chi connectivity index (χ0n) is 16.1. The minimum Gasteiger partial charge on any atom is -0.322 e. The predicted molar refractivity (Wildman–Crippen MR) is 111 cm³/mol. The average molecular weight is 383 g/mol. The first-order valence-electron chi connectivity index (χ1n) is 9.61. The van der Waals surface area contributed by atoms with Gasteiger partial charge in [-0.15, -0.1) is 0 Å². The zero-order valence-corrected chi connectivity index (χ0v) is 18.6. The average Bonchev–Trinajstić information content (AvgIpc) is 2.55. The van der Waals surface area contributed by atoms with E-state index in [9.17, 15) is 0 Å². The fourth-order valence-electron chi connectivity index (χ4n) is 2.44. The molecule has 0 aromatic heterocycles. The van der Waals surface area contributed by atoms with Crippen LogP contribution >= 0.6 is 17.1 Å². The number of rotatable bonds is 16. The van der Waals surface area contributed by atoms with Gasteiger partial charge in [0.25, 0.3) is 0 Å². The highest BCUT2D eigenvalue weighted by Crippen LogP contribution is 2.67. The van der Waals surface area contributed by atoms with E-state index in [-0.39, 0.29) is 4.75 Å². The van der Waals surface area contributed by atoms with Gasteiger partial charge in [0, 0.05) is 4.75 Å². The van der Waals surface area contributed by atoms with Crippen molar-refractivity contribution in [2.75, 3.05) is 13.2 Å². The van der Waals surface area contributed by atoms with E-state index in [2.05, 4.69) is 34.6 Å². The van der Waals surface area contributed by atoms with Gasteiger partial charge in [-0.2, -0.15) is 0 Å². The topological polar surface area (TPSA) is 18.5 Å². The highest BCUT2D eigenvalue weighted by atomic mass is 32.9. The molecule has 0 saturated carbocycles. The first-order chi connectivity index (χ1) is 11.0. The van der Waals surface area contributed by atoms with Gasteiger partial charge < -0.3 is 9.05 Å². The molecule has 5 heteroatoms. The molecule has 0 atom stereocenters. The molecule has 0 aromatic rings. The van der Waals surface area contributed by atoms with Gasteiger partial charge in [-0.25, -0.2) is 0 Å². The Balaban J connectivity index is 4.90. The maximum absolute atomic E-state index is 6.15. The summed E-state index contributed by atoms with van der Waals surface area (Å²) in [6, 6.07) is 0. The maximum atomic E-state index is 6.15. The van der Waals surface area contributed by atoms with Gasteiger partial charge in [0.05, 0.1) is 13.2 Å². The largest absolute Gasteiger partial charge is 0.322 e. The summed E-state index contributed by atoms with van der Waals surface area (Å²) in [5.41, 5.74) is -2.23. The predicted octanol–water partition coefficient (Wildman–Crippen LogP) is 7.72. The summed E-state index contributed by atoms with van der Waals surface area (Å²) in [5.74, 6) is 0. The number of unbranched alkanes of at least 4 members (excludes halogenated alkanes) is 4. The molecule has 0 unspecified atom stereocenters. The lowest BCUT2D eigenvalue weighted by atomic mass is 9.95. The van der Waals surface area contributed by atoms with Crippen molar-refractivity contribution in [1.82, 2.24) is 0 Å². The highest BCUT2D eigenvalue weighted by molar-refractivity contribution is 8.68. The van der Waals surface area contributed by atoms with Crippen molar-refractivity contribution in [3.05, 3.63) is 0 Å². The molecule has 0 saturated heterocycles. The molecule has 0 aliphatic rings. The van der Waals surface area contributed by atoms with E-state index in [1.807, 2.05) is 11.4 Å². The second-order valence-electron chi connectivity index (χ2n) is 6.26.